The van der Waals surface area contributed by atoms with Gasteiger partial charge in [-0.15, -0.1) is 0 Å². The van der Waals surface area contributed by atoms with Crippen LogP contribution in [0.1, 0.15) is 64.7 Å². The number of nitrogens with zero attached hydrogens (tertiary/aromatic N) is 1. The fourth-order valence-electron chi connectivity index (χ4n) is 4.18. The van der Waals surface area contributed by atoms with E-state index in [4.69, 9.17) is 5.73 Å². The monoisotopic (exact) mass is 264 g/mol. The molecule has 3 rings (SSSR count). The molecule has 2 N–H and O–H groups in total. The molecular formula is C16H28N2O. The Kier molecular flexibility index (Phi) is 3.36. The Morgan fingerprint density at radius 3 is 2.21 bits per heavy atom. The quantitative estimate of drug-likeness (QED) is 0.833. The summed E-state index contributed by atoms with van der Waals surface area (Å²) in [5.41, 5.74) is 6.24. The normalized spacial score (nSPS) is 30.1. The predicted molar refractivity (Wildman–Crippen MR) is 76.6 cm³/mol. The first-order valence-electron chi connectivity index (χ1n) is 8.12. The maximum atomic E-state index is 12.6. The molecule has 0 aromatic rings. The fourth-order valence-corrected chi connectivity index (χ4v) is 4.18. The molecule has 1 aliphatic heterocycles. The first kappa shape index (κ1) is 13.4. The lowest BCUT2D eigenvalue weighted by Gasteiger charge is -2.45. The standard InChI is InChI=1S/C16H28N2O/c1-15(17,13-5-6-13)14(19)18-11-9-16(10-12-18)7-3-2-4-8-16/h13H,2-12,17H2,1H3. The summed E-state index contributed by atoms with van der Waals surface area (Å²) in [7, 11) is 0. The summed E-state index contributed by atoms with van der Waals surface area (Å²) in [4.78, 5) is 14.6. The molecule has 19 heavy (non-hydrogen) atoms. The molecule has 3 aliphatic rings. The second-order valence-corrected chi connectivity index (χ2v) is 7.41. The summed E-state index contributed by atoms with van der Waals surface area (Å²) in [6.45, 7) is 3.83. The van der Waals surface area contributed by atoms with Crippen LogP contribution in [0.3, 0.4) is 0 Å². The van der Waals surface area contributed by atoms with E-state index < -0.39 is 5.54 Å². The molecule has 3 heteroatoms. The van der Waals surface area contributed by atoms with Crippen molar-refractivity contribution in [1.29, 1.82) is 0 Å². The van der Waals surface area contributed by atoms with Gasteiger partial charge in [0.2, 0.25) is 5.91 Å². The third-order valence-electron chi connectivity index (χ3n) is 5.91. The van der Waals surface area contributed by atoms with Gasteiger partial charge in [0.25, 0.3) is 0 Å². The zero-order chi connectivity index (χ0) is 13.5. The highest BCUT2D eigenvalue weighted by atomic mass is 16.2. The van der Waals surface area contributed by atoms with E-state index in [0.29, 0.717) is 11.3 Å². The van der Waals surface area contributed by atoms with Crippen LogP contribution in [0.4, 0.5) is 0 Å². The van der Waals surface area contributed by atoms with E-state index in [9.17, 15) is 4.79 Å². The van der Waals surface area contributed by atoms with Crippen LogP contribution >= 0.6 is 0 Å². The third kappa shape index (κ3) is 2.54. The molecule has 1 spiro atoms. The van der Waals surface area contributed by atoms with Gasteiger partial charge >= 0.3 is 0 Å². The van der Waals surface area contributed by atoms with Gasteiger partial charge in [-0.3, -0.25) is 4.79 Å². The van der Waals surface area contributed by atoms with Crippen LogP contribution in [0, 0.1) is 11.3 Å². The van der Waals surface area contributed by atoms with E-state index in [1.807, 2.05) is 6.92 Å². The van der Waals surface area contributed by atoms with E-state index in [0.717, 1.165) is 25.9 Å². The molecule has 0 aromatic heterocycles. The molecule has 0 radical (unpaired) electrons. The highest BCUT2D eigenvalue weighted by Gasteiger charge is 2.47. The van der Waals surface area contributed by atoms with Crippen LogP contribution in [0.25, 0.3) is 0 Å². The number of carbonyl (C=O) groups excluding carboxylic acids is 1. The second kappa shape index (κ2) is 4.76. The Morgan fingerprint density at radius 2 is 1.68 bits per heavy atom. The van der Waals surface area contributed by atoms with E-state index in [1.54, 1.807) is 0 Å². The summed E-state index contributed by atoms with van der Waals surface area (Å²) >= 11 is 0. The minimum Gasteiger partial charge on any atom is -0.341 e. The van der Waals surface area contributed by atoms with Crippen molar-refractivity contribution < 1.29 is 4.79 Å². The van der Waals surface area contributed by atoms with Crippen molar-refractivity contribution in [3.8, 4) is 0 Å². The number of nitrogens with two attached hydrogens (primary N) is 1. The molecule has 3 nitrogen and oxygen atoms in total. The zero-order valence-corrected chi connectivity index (χ0v) is 12.3. The maximum Gasteiger partial charge on any atom is 0.242 e. The van der Waals surface area contributed by atoms with Crippen LogP contribution in [0.2, 0.25) is 0 Å². The lowest BCUT2D eigenvalue weighted by molar-refractivity contribution is -0.140. The van der Waals surface area contributed by atoms with Gasteiger partial charge in [0.1, 0.15) is 0 Å². The molecule has 1 saturated heterocycles. The van der Waals surface area contributed by atoms with Gasteiger partial charge in [0.15, 0.2) is 0 Å². The maximum absolute atomic E-state index is 12.6. The number of likely N-dealkylation sites (tertiary alicyclic amines) is 1. The van der Waals surface area contributed by atoms with Crippen LogP contribution in [-0.2, 0) is 4.79 Å². The van der Waals surface area contributed by atoms with Crippen LogP contribution in [0.5, 0.6) is 0 Å². The molecule has 2 aliphatic carbocycles. The minimum absolute atomic E-state index is 0.209. The fraction of sp³-hybridized carbons (Fsp3) is 0.938. The Morgan fingerprint density at radius 1 is 1.11 bits per heavy atom. The summed E-state index contributed by atoms with van der Waals surface area (Å²) in [6, 6.07) is 0. The summed E-state index contributed by atoms with van der Waals surface area (Å²) in [5, 5.41) is 0. The van der Waals surface area contributed by atoms with Crippen LogP contribution in [-0.4, -0.2) is 29.4 Å². The lowest BCUT2D eigenvalue weighted by Crippen LogP contribution is -2.57. The van der Waals surface area contributed by atoms with Gasteiger partial charge in [-0.25, -0.2) is 0 Å². The van der Waals surface area contributed by atoms with Crippen molar-refractivity contribution in [2.75, 3.05) is 13.1 Å². The minimum atomic E-state index is -0.600. The third-order valence-corrected chi connectivity index (χ3v) is 5.91. The average Bonchev–Trinajstić information content (AvgIpc) is 3.24. The van der Waals surface area contributed by atoms with Crippen molar-refractivity contribution in [2.45, 2.75) is 70.3 Å². The first-order valence-corrected chi connectivity index (χ1v) is 8.12. The van der Waals surface area contributed by atoms with Gasteiger partial charge < -0.3 is 10.6 Å². The number of amides is 1. The highest BCUT2D eigenvalue weighted by Crippen LogP contribution is 2.45. The molecule has 1 amide bonds. The molecule has 0 bridgehead atoms. The average molecular weight is 264 g/mol. The second-order valence-electron chi connectivity index (χ2n) is 7.41. The molecule has 0 aromatic carbocycles. The number of hydrogen-bond donors (Lipinski definition) is 1. The van der Waals surface area contributed by atoms with Crippen molar-refractivity contribution in [3.05, 3.63) is 0 Å². The number of piperidine rings is 1. The molecular weight excluding hydrogens is 236 g/mol. The van der Waals surface area contributed by atoms with Crippen molar-refractivity contribution in [3.63, 3.8) is 0 Å². The Bertz CT molecular complexity index is 344. The lowest BCUT2D eigenvalue weighted by atomic mass is 9.68. The van der Waals surface area contributed by atoms with E-state index >= 15 is 0 Å². The van der Waals surface area contributed by atoms with E-state index in [1.165, 1.54) is 44.9 Å². The van der Waals surface area contributed by atoms with Crippen LogP contribution < -0.4 is 5.73 Å². The highest BCUT2D eigenvalue weighted by molar-refractivity contribution is 5.86. The van der Waals surface area contributed by atoms with Gasteiger partial charge in [-0.1, -0.05) is 19.3 Å². The van der Waals surface area contributed by atoms with Gasteiger partial charge in [-0.2, -0.15) is 0 Å². The Balaban J connectivity index is 1.59. The largest absolute Gasteiger partial charge is 0.341 e. The number of carbonyl (C=O) groups is 1. The predicted octanol–water partition coefficient (Wildman–Crippen LogP) is 2.69. The van der Waals surface area contributed by atoms with Crippen molar-refractivity contribution >= 4 is 5.91 Å². The first-order chi connectivity index (χ1) is 9.04. The Hall–Kier alpha value is -0.570. The van der Waals surface area contributed by atoms with Gasteiger partial charge in [0.05, 0.1) is 5.54 Å². The molecule has 1 atom stereocenters. The Labute approximate surface area is 116 Å². The van der Waals surface area contributed by atoms with E-state index in [2.05, 4.69) is 4.90 Å². The van der Waals surface area contributed by atoms with Crippen LogP contribution in [0.15, 0.2) is 0 Å². The van der Waals surface area contributed by atoms with Crippen molar-refractivity contribution in [1.82, 2.24) is 4.90 Å². The topological polar surface area (TPSA) is 46.3 Å². The van der Waals surface area contributed by atoms with Gasteiger partial charge in [0, 0.05) is 13.1 Å². The molecule has 1 heterocycles. The molecule has 108 valence electrons. The van der Waals surface area contributed by atoms with Gasteiger partial charge in [-0.05, 0) is 56.8 Å². The summed E-state index contributed by atoms with van der Waals surface area (Å²) in [5.74, 6) is 0.645. The smallest absolute Gasteiger partial charge is 0.242 e. The zero-order valence-electron chi connectivity index (χ0n) is 12.3. The summed E-state index contributed by atoms with van der Waals surface area (Å²) < 4.78 is 0. The number of hydrogen-bond acceptors (Lipinski definition) is 2. The van der Waals surface area contributed by atoms with Crippen molar-refractivity contribution in [2.24, 2.45) is 17.1 Å². The molecule has 2 saturated carbocycles. The molecule has 3 fully saturated rings. The number of rotatable bonds is 2. The molecule has 1 unspecified atom stereocenters. The summed E-state index contributed by atoms with van der Waals surface area (Å²) in [6.07, 6.45) is 11.7. The van der Waals surface area contributed by atoms with E-state index in [-0.39, 0.29) is 5.91 Å². The SMILES string of the molecule is CC(N)(C(=O)N1CCC2(CCCCC2)CC1)C1CC1.